The van der Waals surface area contributed by atoms with E-state index in [9.17, 15) is 0 Å². The molecule has 3 heterocycles. The molecule has 5 atom stereocenters. The summed E-state index contributed by atoms with van der Waals surface area (Å²) in [5.74, 6) is -1.35. The molecule has 212 valence electrons. The molecule has 0 radical (unpaired) electrons. The molecule has 3 aromatic carbocycles. The van der Waals surface area contributed by atoms with Crippen LogP contribution in [-0.4, -0.2) is 43.1 Å². The molecule has 0 aromatic heterocycles. The Labute approximate surface area is 237 Å². The first-order chi connectivity index (χ1) is 19.7. The van der Waals surface area contributed by atoms with E-state index in [1.54, 1.807) is 0 Å². The summed E-state index contributed by atoms with van der Waals surface area (Å²) >= 11 is 0. The highest BCUT2D eigenvalue weighted by atomic mass is 16.8. The number of rotatable bonds is 10. The van der Waals surface area contributed by atoms with Gasteiger partial charge in [-0.15, -0.1) is 0 Å². The largest absolute Gasteiger partial charge is 0.374 e. The summed E-state index contributed by atoms with van der Waals surface area (Å²) in [6.07, 6.45) is 4.34. The van der Waals surface area contributed by atoms with Gasteiger partial charge in [-0.25, -0.2) is 0 Å². The van der Waals surface area contributed by atoms with Crippen LogP contribution < -0.4 is 0 Å². The Balaban J connectivity index is 1.23. The van der Waals surface area contributed by atoms with Crippen molar-refractivity contribution in [1.82, 2.24) is 0 Å². The minimum atomic E-state index is -0.786. The van der Waals surface area contributed by atoms with Gasteiger partial charge in [0.15, 0.2) is 11.6 Å². The van der Waals surface area contributed by atoms with Gasteiger partial charge in [0.25, 0.3) is 0 Å². The van der Waals surface area contributed by atoms with E-state index in [0.717, 1.165) is 55.4 Å². The van der Waals surface area contributed by atoms with Crippen LogP contribution in [0.4, 0.5) is 0 Å². The lowest BCUT2D eigenvalue weighted by Crippen LogP contribution is -2.58. The second-order valence-electron chi connectivity index (χ2n) is 11.2. The topological polar surface area (TPSA) is 55.4 Å². The summed E-state index contributed by atoms with van der Waals surface area (Å²) in [5, 5.41) is 0. The number of ether oxygens (including phenoxy) is 6. The Hall–Kier alpha value is -2.58. The first-order valence-electron chi connectivity index (χ1n) is 14.7. The second kappa shape index (κ2) is 12.9. The van der Waals surface area contributed by atoms with Crippen molar-refractivity contribution in [2.45, 2.75) is 88.2 Å². The van der Waals surface area contributed by atoms with Crippen LogP contribution >= 0.6 is 0 Å². The van der Waals surface area contributed by atoms with Crippen molar-refractivity contribution < 1.29 is 28.4 Å². The maximum absolute atomic E-state index is 6.85. The third kappa shape index (κ3) is 6.82. The maximum Gasteiger partial charge on any atom is 0.175 e. The van der Waals surface area contributed by atoms with Gasteiger partial charge >= 0.3 is 0 Å². The highest BCUT2D eigenvalue weighted by Crippen LogP contribution is 2.49. The van der Waals surface area contributed by atoms with Crippen molar-refractivity contribution in [3.8, 4) is 0 Å². The molecule has 3 aliphatic heterocycles. The molecule has 2 spiro atoms. The summed E-state index contributed by atoms with van der Waals surface area (Å²) in [7, 11) is 0. The molecule has 6 nitrogen and oxygen atoms in total. The quantitative estimate of drug-likeness (QED) is 0.288. The summed E-state index contributed by atoms with van der Waals surface area (Å²) < 4.78 is 39.3. The van der Waals surface area contributed by atoms with Gasteiger partial charge in [-0.2, -0.15) is 0 Å². The average Bonchev–Trinajstić information content (AvgIpc) is 3.33. The standard InChI is InChI=1S/C34H40O6/c1-4-12-27(13-5-1)23-35-26-31-32(37-25-29-16-8-3-9-17-29)30(36-24-28-14-6-2-7-15-28)22-34(39-31)20-19-33(40-34)18-10-11-21-38-33/h1-9,12-17,30-32H,10-11,18-26H2/t30-,31-,32+,33?,34?/m1/s1. The van der Waals surface area contributed by atoms with Crippen LogP contribution in [0.2, 0.25) is 0 Å². The summed E-state index contributed by atoms with van der Waals surface area (Å²) in [5.41, 5.74) is 3.36. The lowest BCUT2D eigenvalue weighted by Gasteiger charge is -2.47. The lowest BCUT2D eigenvalue weighted by atomic mass is 9.92. The van der Waals surface area contributed by atoms with Crippen LogP contribution in [0.1, 0.15) is 55.2 Å². The van der Waals surface area contributed by atoms with Crippen molar-refractivity contribution in [2.24, 2.45) is 0 Å². The molecule has 2 unspecified atom stereocenters. The van der Waals surface area contributed by atoms with Gasteiger partial charge in [0, 0.05) is 25.7 Å². The molecule has 3 fully saturated rings. The SMILES string of the molecule is c1ccc(COC[C@H]2OC3(CCC4(CCCCO4)O3)C[C@@H](OCc3ccccc3)[C@@H]2OCc2ccccc2)cc1. The van der Waals surface area contributed by atoms with Gasteiger partial charge in [0.05, 0.1) is 39.1 Å². The maximum atomic E-state index is 6.85. The van der Waals surface area contributed by atoms with Gasteiger partial charge in [-0.3, -0.25) is 0 Å². The highest BCUT2D eigenvalue weighted by molar-refractivity contribution is 5.15. The molecule has 3 aliphatic rings. The predicted molar refractivity (Wildman–Crippen MR) is 151 cm³/mol. The van der Waals surface area contributed by atoms with E-state index in [1.807, 2.05) is 54.6 Å². The summed E-state index contributed by atoms with van der Waals surface area (Å²) in [6, 6.07) is 30.7. The van der Waals surface area contributed by atoms with Gasteiger partial charge in [0.2, 0.25) is 0 Å². The molecule has 0 saturated carbocycles. The third-order valence-corrected chi connectivity index (χ3v) is 8.17. The third-order valence-electron chi connectivity index (χ3n) is 8.17. The molecule has 0 aliphatic carbocycles. The van der Waals surface area contributed by atoms with Crippen LogP contribution in [0.3, 0.4) is 0 Å². The Morgan fingerprint density at radius 2 is 1.25 bits per heavy atom. The van der Waals surface area contributed by atoms with Crippen LogP contribution in [0.25, 0.3) is 0 Å². The van der Waals surface area contributed by atoms with E-state index in [1.165, 1.54) is 0 Å². The minimum Gasteiger partial charge on any atom is -0.374 e. The fraction of sp³-hybridized carbons (Fsp3) is 0.471. The van der Waals surface area contributed by atoms with Crippen molar-refractivity contribution in [2.75, 3.05) is 13.2 Å². The van der Waals surface area contributed by atoms with E-state index >= 15 is 0 Å². The first kappa shape index (κ1) is 27.6. The van der Waals surface area contributed by atoms with Crippen LogP contribution in [0.5, 0.6) is 0 Å². The predicted octanol–water partition coefficient (Wildman–Crippen LogP) is 6.57. The molecule has 0 amide bonds. The Morgan fingerprint density at radius 3 is 1.88 bits per heavy atom. The fourth-order valence-electron chi connectivity index (χ4n) is 6.11. The van der Waals surface area contributed by atoms with E-state index in [-0.39, 0.29) is 18.3 Å². The molecule has 3 saturated heterocycles. The molecular weight excluding hydrogens is 504 g/mol. The van der Waals surface area contributed by atoms with Crippen molar-refractivity contribution in [3.05, 3.63) is 108 Å². The summed E-state index contributed by atoms with van der Waals surface area (Å²) in [4.78, 5) is 0. The highest BCUT2D eigenvalue weighted by Gasteiger charge is 2.58. The fourth-order valence-corrected chi connectivity index (χ4v) is 6.11. The van der Waals surface area contributed by atoms with Crippen molar-refractivity contribution in [1.29, 1.82) is 0 Å². The molecule has 0 bridgehead atoms. The van der Waals surface area contributed by atoms with E-state index in [4.69, 9.17) is 28.4 Å². The van der Waals surface area contributed by atoms with Gasteiger partial charge in [0.1, 0.15) is 12.2 Å². The second-order valence-corrected chi connectivity index (χ2v) is 11.2. The molecule has 40 heavy (non-hydrogen) atoms. The zero-order valence-electron chi connectivity index (χ0n) is 23.1. The van der Waals surface area contributed by atoms with E-state index in [2.05, 4.69) is 36.4 Å². The Morgan fingerprint density at radius 1 is 0.650 bits per heavy atom. The Bertz CT molecular complexity index is 1170. The number of hydrogen-bond acceptors (Lipinski definition) is 6. The smallest absolute Gasteiger partial charge is 0.175 e. The van der Waals surface area contributed by atoms with Crippen LogP contribution in [0.15, 0.2) is 91.0 Å². The van der Waals surface area contributed by atoms with Gasteiger partial charge in [-0.1, -0.05) is 91.0 Å². The average molecular weight is 545 g/mol. The Kier molecular flexibility index (Phi) is 8.92. The zero-order valence-corrected chi connectivity index (χ0v) is 23.1. The molecule has 0 N–H and O–H groups in total. The van der Waals surface area contributed by atoms with E-state index < -0.39 is 11.6 Å². The van der Waals surface area contributed by atoms with Crippen molar-refractivity contribution in [3.63, 3.8) is 0 Å². The normalized spacial score (nSPS) is 30.1. The van der Waals surface area contributed by atoms with Crippen LogP contribution in [0, 0.1) is 0 Å². The summed E-state index contributed by atoms with van der Waals surface area (Å²) in [6.45, 7) is 2.57. The minimum absolute atomic E-state index is 0.235. The molecule has 3 aromatic rings. The molecule has 6 rings (SSSR count). The van der Waals surface area contributed by atoms with Crippen molar-refractivity contribution >= 4 is 0 Å². The van der Waals surface area contributed by atoms with Gasteiger partial charge < -0.3 is 28.4 Å². The molecule has 6 heteroatoms. The lowest BCUT2D eigenvalue weighted by molar-refractivity contribution is -0.376. The van der Waals surface area contributed by atoms with E-state index in [0.29, 0.717) is 32.8 Å². The number of hydrogen-bond donors (Lipinski definition) is 0. The first-order valence-corrected chi connectivity index (χ1v) is 14.7. The molecular formula is C34H40O6. The zero-order chi connectivity index (χ0) is 27.1. The van der Waals surface area contributed by atoms with Gasteiger partial charge in [-0.05, 0) is 29.5 Å². The van der Waals surface area contributed by atoms with Crippen LogP contribution in [-0.2, 0) is 48.2 Å². The number of benzene rings is 3. The monoisotopic (exact) mass is 544 g/mol.